The minimum absolute atomic E-state index is 0.0401. The summed E-state index contributed by atoms with van der Waals surface area (Å²) in [6.45, 7) is 0.857. The first-order chi connectivity index (χ1) is 15.5. The van der Waals surface area contributed by atoms with Crippen LogP contribution in [-0.2, 0) is 9.53 Å². The average molecular weight is 459 g/mol. The number of amides is 3. The second-order valence-electron chi connectivity index (χ2n) is 7.52. The van der Waals surface area contributed by atoms with Crippen molar-refractivity contribution in [3.63, 3.8) is 0 Å². The van der Waals surface area contributed by atoms with Crippen molar-refractivity contribution in [1.82, 2.24) is 15.1 Å². The fourth-order valence-corrected chi connectivity index (χ4v) is 4.62. The van der Waals surface area contributed by atoms with Gasteiger partial charge >= 0.3 is 0 Å². The first kappa shape index (κ1) is 22.0. The molecule has 168 valence electrons. The third-order valence-electron chi connectivity index (χ3n) is 5.35. The van der Waals surface area contributed by atoms with E-state index < -0.39 is 16.7 Å². The Morgan fingerprint density at radius 2 is 2.09 bits per heavy atom. The molecule has 0 unspecified atom stereocenters. The van der Waals surface area contributed by atoms with E-state index in [2.05, 4.69) is 15.5 Å². The average Bonchev–Trinajstić information content (AvgIpc) is 3.50. The standard InChI is InChI=1S/C20H21N5O6S/c26-15(21-20-23-22-17(32-20)14-8-5-11-31-14)9-2-1-3-10-24-18(27)12-6-4-7-13(25(29)30)16(12)19(24)28/h4,6-7,14H,1-3,5,8-11H2,(H,21,23,26)/t14-/m1/s1. The number of rotatable bonds is 9. The quantitative estimate of drug-likeness (QED) is 0.261. The Morgan fingerprint density at radius 1 is 1.25 bits per heavy atom. The first-order valence-corrected chi connectivity index (χ1v) is 11.2. The highest BCUT2D eigenvalue weighted by Crippen LogP contribution is 2.32. The third kappa shape index (κ3) is 4.50. The van der Waals surface area contributed by atoms with Crippen molar-refractivity contribution in [2.24, 2.45) is 0 Å². The van der Waals surface area contributed by atoms with Gasteiger partial charge in [0.2, 0.25) is 11.0 Å². The number of nitrogens with zero attached hydrogens (tertiary/aromatic N) is 4. The van der Waals surface area contributed by atoms with Crippen LogP contribution in [0, 0.1) is 10.1 Å². The van der Waals surface area contributed by atoms with Crippen molar-refractivity contribution in [2.45, 2.75) is 44.6 Å². The highest BCUT2D eigenvalue weighted by atomic mass is 32.1. The van der Waals surface area contributed by atoms with Gasteiger partial charge in [0.25, 0.3) is 17.5 Å². The zero-order chi connectivity index (χ0) is 22.7. The lowest BCUT2D eigenvalue weighted by atomic mass is 10.1. The van der Waals surface area contributed by atoms with Gasteiger partial charge in [-0.3, -0.25) is 29.4 Å². The fraction of sp³-hybridized carbons (Fsp3) is 0.450. The predicted molar refractivity (Wildman–Crippen MR) is 113 cm³/mol. The Hall–Kier alpha value is -3.25. The van der Waals surface area contributed by atoms with Crippen LogP contribution in [0.1, 0.15) is 70.4 Å². The number of nitro benzene ring substituents is 1. The highest BCUT2D eigenvalue weighted by molar-refractivity contribution is 7.15. The zero-order valence-corrected chi connectivity index (χ0v) is 17.9. The lowest BCUT2D eigenvalue weighted by Crippen LogP contribution is -2.30. The molecule has 0 radical (unpaired) electrons. The van der Waals surface area contributed by atoms with E-state index in [1.807, 2.05) is 0 Å². The zero-order valence-electron chi connectivity index (χ0n) is 17.1. The van der Waals surface area contributed by atoms with E-state index in [4.69, 9.17) is 4.74 Å². The van der Waals surface area contributed by atoms with Crippen LogP contribution in [-0.4, -0.2) is 50.9 Å². The van der Waals surface area contributed by atoms with Crippen molar-refractivity contribution in [3.8, 4) is 0 Å². The minimum atomic E-state index is -0.659. The maximum atomic E-state index is 12.5. The Labute approximate surface area is 186 Å². The Bertz CT molecular complexity index is 1060. The molecule has 11 nitrogen and oxygen atoms in total. The molecule has 32 heavy (non-hydrogen) atoms. The van der Waals surface area contributed by atoms with Gasteiger partial charge in [0.15, 0.2) is 0 Å². The summed E-state index contributed by atoms with van der Waals surface area (Å²) < 4.78 is 5.56. The molecule has 1 N–H and O–H groups in total. The molecule has 1 aromatic carbocycles. The van der Waals surface area contributed by atoms with Crippen LogP contribution < -0.4 is 5.32 Å². The number of unbranched alkanes of at least 4 members (excludes halogenated alkanes) is 2. The molecule has 0 saturated carbocycles. The number of benzene rings is 1. The smallest absolute Gasteiger partial charge is 0.282 e. The summed E-state index contributed by atoms with van der Waals surface area (Å²) in [5, 5.41) is 23.1. The summed E-state index contributed by atoms with van der Waals surface area (Å²) >= 11 is 1.31. The molecule has 2 aliphatic rings. The van der Waals surface area contributed by atoms with Crippen LogP contribution in [0.2, 0.25) is 0 Å². The normalized spacial score (nSPS) is 17.6. The summed E-state index contributed by atoms with van der Waals surface area (Å²) in [5.41, 5.74) is -0.455. The third-order valence-corrected chi connectivity index (χ3v) is 6.28. The van der Waals surface area contributed by atoms with Crippen LogP contribution in [0.4, 0.5) is 10.8 Å². The summed E-state index contributed by atoms with van der Waals surface area (Å²) in [7, 11) is 0. The van der Waals surface area contributed by atoms with Crippen LogP contribution in [0.25, 0.3) is 0 Å². The number of aromatic nitrogens is 2. The fourth-order valence-electron chi connectivity index (χ4n) is 3.77. The number of carbonyl (C=O) groups excluding carboxylic acids is 3. The van der Waals surface area contributed by atoms with Gasteiger partial charge in [-0.15, -0.1) is 10.2 Å². The van der Waals surface area contributed by atoms with Gasteiger partial charge in [-0.2, -0.15) is 0 Å². The molecule has 4 rings (SSSR count). The van der Waals surface area contributed by atoms with Crippen molar-refractivity contribution < 1.29 is 24.0 Å². The monoisotopic (exact) mass is 459 g/mol. The number of hydrogen-bond donors (Lipinski definition) is 1. The molecular formula is C20H21N5O6S. The van der Waals surface area contributed by atoms with Gasteiger partial charge in [-0.25, -0.2) is 0 Å². The van der Waals surface area contributed by atoms with E-state index in [-0.39, 0.29) is 41.8 Å². The van der Waals surface area contributed by atoms with E-state index in [9.17, 15) is 24.5 Å². The van der Waals surface area contributed by atoms with E-state index in [0.29, 0.717) is 31.0 Å². The molecule has 12 heteroatoms. The van der Waals surface area contributed by atoms with Crippen LogP contribution in [0.3, 0.4) is 0 Å². The summed E-state index contributed by atoms with van der Waals surface area (Å²) in [5.74, 6) is -1.35. The van der Waals surface area contributed by atoms with Gasteiger partial charge in [-0.05, 0) is 31.7 Å². The SMILES string of the molecule is O=C(CCCCCN1C(=O)c2cccc([N+](=O)[O-])c2C1=O)Nc1nnc([C@H]2CCCO2)s1. The second kappa shape index (κ2) is 9.49. The van der Waals surface area contributed by atoms with Gasteiger partial charge in [0.1, 0.15) is 16.7 Å². The van der Waals surface area contributed by atoms with E-state index in [1.54, 1.807) is 0 Å². The van der Waals surface area contributed by atoms with Crippen molar-refractivity contribution in [3.05, 3.63) is 44.4 Å². The molecule has 1 aromatic heterocycles. The highest BCUT2D eigenvalue weighted by Gasteiger charge is 2.40. The Kier molecular flexibility index (Phi) is 6.51. The van der Waals surface area contributed by atoms with Gasteiger partial charge in [-0.1, -0.05) is 23.8 Å². The topological polar surface area (TPSA) is 145 Å². The van der Waals surface area contributed by atoms with E-state index >= 15 is 0 Å². The van der Waals surface area contributed by atoms with Crippen molar-refractivity contribution in [1.29, 1.82) is 0 Å². The van der Waals surface area contributed by atoms with E-state index in [0.717, 1.165) is 22.7 Å². The Balaban J connectivity index is 1.21. The largest absolute Gasteiger partial charge is 0.371 e. The molecule has 1 atom stereocenters. The summed E-state index contributed by atoms with van der Waals surface area (Å²) in [6, 6.07) is 4.03. The number of anilines is 1. The molecular weight excluding hydrogens is 438 g/mol. The molecule has 2 aliphatic heterocycles. The molecule has 0 aliphatic carbocycles. The van der Waals surface area contributed by atoms with Gasteiger partial charge < -0.3 is 10.1 Å². The van der Waals surface area contributed by atoms with Crippen LogP contribution in [0.15, 0.2) is 18.2 Å². The number of carbonyl (C=O) groups is 3. The molecule has 0 bridgehead atoms. The van der Waals surface area contributed by atoms with Gasteiger partial charge in [0, 0.05) is 25.6 Å². The van der Waals surface area contributed by atoms with Crippen LogP contribution in [0.5, 0.6) is 0 Å². The number of imide groups is 1. The lowest BCUT2D eigenvalue weighted by Gasteiger charge is -2.13. The molecule has 3 amide bonds. The maximum Gasteiger partial charge on any atom is 0.282 e. The Morgan fingerprint density at radius 3 is 2.84 bits per heavy atom. The van der Waals surface area contributed by atoms with Crippen LogP contribution >= 0.6 is 11.3 Å². The number of fused-ring (bicyclic) bond motifs is 1. The summed E-state index contributed by atoms with van der Waals surface area (Å²) in [6.07, 6.45) is 3.79. The predicted octanol–water partition coefficient (Wildman–Crippen LogP) is 3.09. The number of ether oxygens (including phenoxy) is 1. The van der Waals surface area contributed by atoms with Crippen molar-refractivity contribution >= 4 is 39.9 Å². The molecule has 1 saturated heterocycles. The second-order valence-corrected chi connectivity index (χ2v) is 8.53. The van der Waals surface area contributed by atoms with Crippen molar-refractivity contribution in [2.75, 3.05) is 18.5 Å². The molecule has 1 fully saturated rings. The lowest BCUT2D eigenvalue weighted by molar-refractivity contribution is -0.385. The summed E-state index contributed by atoms with van der Waals surface area (Å²) in [4.78, 5) is 48.6. The molecule has 2 aromatic rings. The number of hydrogen-bond acceptors (Lipinski definition) is 9. The maximum absolute atomic E-state index is 12.5. The molecule has 3 heterocycles. The molecule has 0 spiro atoms. The van der Waals surface area contributed by atoms with Gasteiger partial charge in [0.05, 0.1) is 10.5 Å². The number of nitro groups is 1. The van der Waals surface area contributed by atoms with E-state index in [1.165, 1.54) is 29.5 Å². The number of nitrogens with one attached hydrogen (secondary N) is 1. The first-order valence-electron chi connectivity index (χ1n) is 10.3. The minimum Gasteiger partial charge on any atom is -0.371 e.